The van der Waals surface area contributed by atoms with E-state index >= 15 is 0 Å². The average Bonchev–Trinajstić information content (AvgIpc) is 3.74. The molecule has 0 spiro atoms. The Balaban J connectivity index is 0.920. The Morgan fingerprint density at radius 2 is 0.538 bits per heavy atom. The normalized spacial score (nSPS) is 11.1. The van der Waals surface area contributed by atoms with Crippen LogP contribution in [0.1, 0.15) is 0 Å². The minimum absolute atomic E-state index is 1.09. The van der Waals surface area contributed by atoms with Crippen LogP contribution < -0.4 is 9.80 Å². The van der Waals surface area contributed by atoms with Crippen molar-refractivity contribution in [3.8, 4) is 50.3 Å². The molecule has 0 aliphatic carbocycles. The third-order valence-corrected chi connectivity index (χ3v) is 12.2. The van der Waals surface area contributed by atoms with Gasteiger partial charge in [0.2, 0.25) is 0 Å². The molecule has 1 aromatic heterocycles. The maximum atomic E-state index is 2.41. The van der Waals surface area contributed by atoms with Gasteiger partial charge in [-0.15, -0.1) is 0 Å². The molecule has 0 bridgehead atoms. The molecule has 0 unspecified atom stereocenters. The summed E-state index contributed by atoms with van der Waals surface area (Å²) in [6.07, 6.45) is 0. The summed E-state index contributed by atoms with van der Waals surface area (Å²) < 4.78 is 2.41. The van der Waals surface area contributed by atoms with Crippen molar-refractivity contribution in [2.24, 2.45) is 0 Å². The molecule has 11 aromatic rings. The summed E-state index contributed by atoms with van der Waals surface area (Å²) in [6.45, 7) is 0. The SMILES string of the molecule is c1ccc(-c2ccc(N(c3ccccc3)c3ccc(-c4ccc(N(c5ccccc5)c5ccc(-c6c(-c7ccccc7)n(-c7ccccc7)c7ccccc67)cc5)cc4)cc3)cc2)cc1. The van der Waals surface area contributed by atoms with Gasteiger partial charge >= 0.3 is 0 Å². The number of hydrogen-bond donors (Lipinski definition) is 0. The van der Waals surface area contributed by atoms with Crippen LogP contribution in [-0.2, 0) is 0 Å². The predicted octanol–water partition coefficient (Wildman–Crippen LogP) is 17.2. The van der Waals surface area contributed by atoms with Crippen molar-refractivity contribution in [1.82, 2.24) is 4.57 Å². The Labute approximate surface area is 381 Å². The molecular formula is C62H45N3. The molecule has 65 heavy (non-hydrogen) atoms. The number of hydrogen-bond acceptors (Lipinski definition) is 2. The maximum absolute atomic E-state index is 2.41. The van der Waals surface area contributed by atoms with E-state index in [0.717, 1.165) is 50.9 Å². The third kappa shape index (κ3) is 7.77. The molecule has 0 radical (unpaired) electrons. The number of benzene rings is 10. The zero-order valence-corrected chi connectivity index (χ0v) is 35.8. The molecule has 0 saturated heterocycles. The van der Waals surface area contributed by atoms with E-state index in [1.165, 1.54) is 44.4 Å². The number of fused-ring (bicyclic) bond motifs is 1. The van der Waals surface area contributed by atoms with E-state index in [4.69, 9.17) is 0 Å². The van der Waals surface area contributed by atoms with Gasteiger partial charge in [0.25, 0.3) is 0 Å². The number of rotatable bonds is 11. The van der Waals surface area contributed by atoms with Crippen molar-refractivity contribution >= 4 is 45.0 Å². The molecule has 0 aliphatic heterocycles. The van der Waals surface area contributed by atoms with Gasteiger partial charge in [-0.25, -0.2) is 0 Å². The fraction of sp³-hybridized carbons (Fsp3) is 0. The molecule has 3 nitrogen and oxygen atoms in total. The van der Waals surface area contributed by atoms with Crippen LogP contribution in [0.5, 0.6) is 0 Å². The van der Waals surface area contributed by atoms with Crippen LogP contribution in [0.3, 0.4) is 0 Å². The number of anilines is 6. The quantitative estimate of drug-likeness (QED) is 0.129. The lowest BCUT2D eigenvalue weighted by molar-refractivity contribution is 1.13. The Bertz CT molecular complexity index is 3290. The summed E-state index contributed by atoms with van der Waals surface area (Å²) in [5.41, 5.74) is 18.4. The minimum atomic E-state index is 1.09. The molecule has 11 rings (SSSR count). The zero-order chi connectivity index (χ0) is 43.4. The van der Waals surface area contributed by atoms with Crippen molar-refractivity contribution in [2.75, 3.05) is 9.80 Å². The second kappa shape index (κ2) is 17.6. The van der Waals surface area contributed by atoms with E-state index in [2.05, 4.69) is 287 Å². The lowest BCUT2D eigenvalue weighted by Gasteiger charge is -2.26. The number of nitrogens with zero attached hydrogens (tertiary/aromatic N) is 3. The Morgan fingerprint density at radius 3 is 0.969 bits per heavy atom. The van der Waals surface area contributed by atoms with Gasteiger partial charge in [0.05, 0.1) is 11.2 Å². The molecule has 0 aliphatic rings. The molecule has 0 N–H and O–H groups in total. The van der Waals surface area contributed by atoms with Crippen LogP contribution >= 0.6 is 0 Å². The van der Waals surface area contributed by atoms with Crippen molar-refractivity contribution in [3.63, 3.8) is 0 Å². The lowest BCUT2D eigenvalue weighted by atomic mass is 9.97. The summed E-state index contributed by atoms with van der Waals surface area (Å²) in [7, 11) is 0. The van der Waals surface area contributed by atoms with E-state index < -0.39 is 0 Å². The first-order valence-electron chi connectivity index (χ1n) is 22.2. The van der Waals surface area contributed by atoms with Gasteiger partial charge in [0.15, 0.2) is 0 Å². The molecule has 308 valence electrons. The molecular weight excluding hydrogens is 787 g/mol. The summed E-state index contributed by atoms with van der Waals surface area (Å²) in [5, 5.41) is 1.22. The first-order valence-corrected chi connectivity index (χ1v) is 22.2. The zero-order valence-electron chi connectivity index (χ0n) is 35.8. The Morgan fingerprint density at radius 1 is 0.231 bits per heavy atom. The van der Waals surface area contributed by atoms with Gasteiger partial charge in [-0.2, -0.15) is 0 Å². The van der Waals surface area contributed by atoms with Crippen LogP contribution in [0.25, 0.3) is 61.2 Å². The minimum Gasteiger partial charge on any atom is -0.311 e. The Hall–Kier alpha value is -8.66. The van der Waals surface area contributed by atoms with Crippen molar-refractivity contribution in [3.05, 3.63) is 273 Å². The van der Waals surface area contributed by atoms with Crippen molar-refractivity contribution in [2.45, 2.75) is 0 Å². The highest BCUT2D eigenvalue weighted by atomic mass is 15.1. The lowest BCUT2D eigenvalue weighted by Crippen LogP contribution is -2.10. The van der Waals surface area contributed by atoms with Crippen LogP contribution in [0, 0.1) is 0 Å². The van der Waals surface area contributed by atoms with Gasteiger partial charge in [-0.3, -0.25) is 0 Å². The summed E-state index contributed by atoms with van der Waals surface area (Å²) in [6, 6.07) is 97.7. The number of para-hydroxylation sites is 4. The topological polar surface area (TPSA) is 11.4 Å². The maximum Gasteiger partial charge on any atom is 0.0619 e. The second-order valence-corrected chi connectivity index (χ2v) is 16.2. The molecule has 0 atom stereocenters. The van der Waals surface area contributed by atoms with Crippen LogP contribution in [0.4, 0.5) is 34.1 Å². The second-order valence-electron chi connectivity index (χ2n) is 16.2. The van der Waals surface area contributed by atoms with Gasteiger partial charge < -0.3 is 14.4 Å². The molecule has 0 amide bonds. The van der Waals surface area contributed by atoms with Crippen LogP contribution in [0.2, 0.25) is 0 Å². The highest BCUT2D eigenvalue weighted by molar-refractivity contribution is 6.06. The summed E-state index contributed by atoms with van der Waals surface area (Å²) in [5.74, 6) is 0. The van der Waals surface area contributed by atoms with E-state index in [-0.39, 0.29) is 0 Å². The number of aromatic nitrogens is 1. The molecule has 3 heteroatoms. The summed E-state index contributed by atoms with van der Waals surface area (Å²) in [4.78, 5) is 4.65. The van der Waals surface area contributed by atoms with E-state index in [1.807, 2.05) is 0 Å². The largest absolute Gasteiger partial charge is 0.311 e. The first-order chi connectivity index (χ1) is 32.3. The third-order valence-electron chi connectivity index (χ3n) is 12.2. The standard InChI is InChI=1S/C62H45N3/c1-6-18-46(19-7-1)47-30-38-55(39-31-47)63(52-22-10-3-11-23-52)56-40-32-48(33-41-56)49-34-42-57(43-35-49)64(53-24-12-4-13-25-53)58-44-36-50(37-45-58)61-59-28-16-17-29-60(59)65(54-26-14-5-15-27-54)62(61)51-20-8-2-9-21-51/h1-45H. The molecule has 0 fully saturated rings. The molecule has 0 saturated carbocycles. The van der Waals surface area contributed by atoms with Gasteiger partial charge in [0.1, 0.15) is 0 Å². The van der Waals surface area contributed by atoms with E-state index in [0.29, 0.717) is 0 Å². The smallest absolute Gasteiger partial charge is 0.0619 e. The van der Waals surface area contributed by atoms with Gasteiger partial charge in [0, 0.05) is 50.8 Å². The van der Waals surface area contributed by atoms with Crippen molar-refractivity contribution in [1.29, 1.82) is 0 Å². The monoisotopic (exact) mass is 831 g/mol. The fourth-order valence-electron chi connectivity index (χ4n) is 9.11. The average molecular weight is 832 g/mol. The van der Waals surface area contributed by atoms with Crippen molar-refractivity contribution < 1.29 is 0 Å². The fourth-order valence-corrected chi connectivity index (χ4v) is 9.11. The first kappa shape index (κ1) is 39.2. The van der Waals surface area contributed by atoms with E-state index in [1.54, 1.807) is 0 Å². The summed E-state index contributed by atoms with van der Waals surface area (Å²) >= 11 is 0. The molecule has 1 heterocycles. The highest BCUT2D eigenvalue weighted by Gasteiger charge is 2.22. The van der Waals surface area contributed by atoms with E-state index in [9.17, 15) is 0 Å². The highest BCUT2D eigenvalue weighted by Crippen LogP contribution is 2.44. The van der Waals surface area contributed by atoms with Gasteiger partial charge in [-0.1, -0.05) is 182 Å². The molecule has 10 aromatic carbocycles. The van der Waals surface area contributed by atoms with Crippen LogP contribution in [0.15, 0.2) is 273 Å². The van der Waals surface area contributed by atoms with Gasteiger partial charge in [-0.05, 0) is 124 Å². The Kier molecular flexibility index (Phi) is 10.6. The predicted molar refractivity (Wildman–Crippen MR) is 274 cm³/mol. The van der Waals surface area contributed by atoms with Crippen LogP contribution in [-0.4, -0.2) is 4.57 Å².